The molecule has 0 radical (unpaired) electrons. The topological polar surface area (TPSA) is 58.1 Å². The van der Waals surface area contributed by atoms with E-state index in [1.54, 1.807) is 12.4 Å². The van der Waals surface area contributed by atoms with Gasteiger partial charge < -0.3 is 5.32 Å². The van der Waals surface area contributed by atoms with Crippen LogP contribution in [0.4, 0.5) is 14.6 Å². The summed E-state index contributed by atoms with van der Waals surface area (Å²) in [5.41, 5.74) is 2.04. The minimum atomic E-state index is -2.52. The second-order valence-corrected chi connectivity index (χ2v) is 10.7. The fourth-order valence-electron chi connectivity index (χ4n) is 5.75. The molecule has 2 aromatic heterocycles. The minimum Gasteiger partial charge on any atom is -0.310 e. The van der Waals surface area contributed by atoms with E-state index in [1.165, 1.54) is 0 Å². The van der Waals surface area contributed by atoms with Crippen LogP contribution in [0.5, 0.6) is 0 Å². The lowest BCUT2D eigenvalue weighted by molar-refractivity contribution is -0.150. The van der Waals surface area contributed by atoms with Gasteiger partial charge in [-0.1, -0.05) is 17.7 Å². The molecule has 2 aliphatic carbocycles. The Hall–Kier alpha value is -2.64. The van der Waals surface area contributed by atoms with Crippen LogP contribution in [0.1, 0.15) is 55.2 Å². The Labute approximate surface area is 207 Å². The van der Waals surface area contributed by atoms with E-state index >= 15 is 0 Å². The molecule has 1 aliphatic heterocycles. The van der Waals surface area contributed by atoms with Crippen molar-refractivity contribution < 1.29 is 13.6 Å². The molecule has 3 aromatic rings. The maximum Gasteiger partial charge on any atom is 0.272 e. The van der Waals surface area contributed by atoms with E-state index < -0.39 is 5.92 Å². The van der Waals surface area contributed by atoms with E-state index in [-0.39, 0.29) is 36.9 Å². The molecule has 182 valence electrons. The van der Waals surface area contributed by atoms with E-state index in [0.29, 0.717) is 16.8 Å². The zero-order chi connectivity index (χ0) is 24.2. The maximum atomic E-state index is 13.2. The first kappa shape index (κ1) is 22.8. The molecule has 1 aromatic carbocycles. The number of rotatable bonds is 5. The molecule has 2 atom stereocenters. The number of amides is 1. The highest BCUT2D eigenvalue weighted by Crippen LogP contribution is 2.47. The van der Waals surface area contributed by atoms with Crippen molar-refractivity contribution in [3.05, 3.63) is 65.1 Å². The molecule has 1 amide bonds. The van der Waals surface area contributed by atoms with Crippen LogP contribution >= 0.6 is 11.6 Å². The van der Waals surface area contributed by atoms with Crippen LogP contribution < -0.4 is 5.32 Å². The number of anilines is 1. The van der Waals surface area contributed by atoms with Crippen molar-refractivity contribution in [2.24, 2.45) is 5.92 Å². The maximum absolute atomic E-state index is 13.2. The van der Waals surface area contributed by atoms with Gasteiger partial charge in [-0.05, 0) is 79.3 Å². The molecule has 35 heavy (non-hydrogen) atoms. The highest BCUT2D eigenvalue weighted by molar-refractivity contribution is 6.32. The number of carbonyl (C=O) groups excluding carboxylic acids is 1. The summed E-state index contributed by atoms with van der Waals surface area (Å²) in [6.45, 7) is -0.214. The summed E-state index contributed by atoms with van der Waals surface area (Å²) in [6, 6.07) is 12.0. The predicted octanol–water partition coefficient (Wildman–Crippen LogP) is 6.00. The van der Waals surface area contributed by atoms with E-state index in [2.05, 4.69) is 21.4 Å². The summed E-state index contributed by atoms with van der Waals surface area (Å²) in [5.74, 6) is -1.62. The molecule has 1 saturated heterocycles. The third kappa shape index (κ3) is 4.64. The van der Waals surface area contributed by atoms with E-state index in [4.69, 9.17) is 11.6 Å². The normalized spacial score (nSPS) is 27.9. The number of hydrogen-bond acceptors (Lipinski definition) is 4. The second-order valence-electron chi connectivity index (χ2n) is 10.2. The third-order valence-electron chi connectivity index (χ3n) is 7.81. The monoisotopic (exact) mass is 496 g/mol. The highest BCUT2D eigenvalue weighted by atomic mass is 35.5. The zero-order valence-electron chi connectivity index (χ0n) is 19.3. The summed E-state index contributed by atoms with van der Waals surface area (Å²) in [7, 11) is 0. The van der Waals surface area contributed by atoms with Crippen molar-refractivity contribution in [1.29, 1.82) is 0 Å². The minimum absolute atomic E-state index is 0.0309. The molecular formula is C27H27ClF2N4O. The lowest BCUT2D eigenvalue weighted by atomic mass is 9.80. The first-order chi connectivity index (χ1) is 16.9. The van der Waals surface area contributed by atoms with Gasteiger partial charge in [-0.2, -0.15) is 0 Å². The Morgan fingerprint density at radius 3 is 2.57 bits per heavy atom. The quantitative estimate of drug-likeness (QED) is 0.470. The van der Waals surface area contributed by atoms with Crippen molar-refractivity contribution in [2.75, 3.05) is 18.4 Å². The largest absolute Gasteiger partial charge is 0.310 e. The summed E-state index contributed by atoms with van der Waals surface area (Å²) < 4.78 is 26.5. The number of carbonyl (C=O) groups is 1. The Balaban J connectivity index is 1.13. The molecule has 6 rings (SSSR count). The van der Waals surface area contributed by atoms with Gasteiger partial charge in [0.25, 0.3) is 5.92 Å². The number of nitrogens with one attached hydrogen (secondary N) is 1. The summed E-state index contributed by atoms with van der Waals surface area (Å²) in [5, 5.41) is 5.59. The third-order valence-corrected chi connectivity index (χ3v) is 8.13. The molecule has 3 aliphatic rings. The van der Waals surface area contributed by atoms with E-state index in [0.717, 1.165) is 54.1 Å². The Morgan fingerprint density at radius 2 is 1.86 bits per heavy atom. The van der Waals surface area contributed by atoms with Gasteiger partial charge in [0.1, 0.15) is 5.82 Å². The standard InChI is InChI=1S/C27H27ClF2N4O/c28-23-10-18-13-32-25(33-26(35)22-12-21(22)24-3-1-2-8-31-24)11-17(18)9-20(23)16-4-6-19(7-5-16)34-14-27(29,30)15-34/h1-3,8-11,13,16,19,21-22H,4-7,12,14-15H2,(H,32,33,35)/t16-,19-,21-,22-/m0/s1. The number of pyridine rings is 2. The van der Waals surface area contributed by atoms with E-state index in [1.807, 2.05) is 35.2 Å². The van der Waals surface area contributed by atoms with Crippen molar-refractivity contribution >= 4 is 34.1 Å². The van der Waals surface area contributed by atoms with Gasteiger partial charge in [0.05, 0.1) is 13.1 Å². The lowest BCUT2D eigenvalue weighted by Gasteiger charge is -2.46. The van der Waals surface area contributed by atoms with Gasteiger partial charge >= 0.3 is 0 Å². The summed E-state index contributed by atoms with van der Waals surface area (Å²) >= 11 is 6.65. The lowest BCUT2D eigenvalue weighted by Crippen LogP contribution is -2.60. The fourth-order valence-corrected chi connectivity index (χ4v) is 6.08. The van der Waals surface area contributed by atoms with Crippen molar-refractivity contribution in [3.8, 4) is 0 Å². The van der Waals surface area contributed by atoms with Crippen LogP contribution in [0.15, 0.2) is 48.8 Å². The van der Waals surface area contributed by atoms with Gasteiger partial charge in [0.2, 0.25) is 5.91 Å². The molecular weight excluding hydrogens is 470 g/mol. The van der Waals surface area contributed by atoms with Gasteiger partial charge in [-0.3, -0.25) is 14.7 Å². The van der Waals surface area contributed by atoms with Gasteiger partial charge in [0, 0.05) is 46.4 Å². The highest BCUT2D eigenvalue weighted by Gasteiger charge is 2.47. The second kappa shape index (κ2) is 8.79. The number of hydrogen-bond donors (Lipinski definition) is 1. The molecule has 5 nitrogen and oxygen atoms in total. The molecule has 3 fully saturated rings. The first-order valence-electron chi connectivity index (χ1n) is 12.3. The molecule has 2 saturated carbocycles. The summed E-state index contributed by atoms with van der Waals surface area (Å²) in [6.07, 6.45) is 7.98. The molecule has 8 heteroatoms. The van der Waals surface area contributed by atoms with Crippen molar-refractivity contribution in [1.82, 2.24) is 14.9 Å². The Morgan fingerprint density at radius 1 is 1.06 bits per heavy atom. The number of benzene rings is 1. The number of halogens is 3. The number of fused-ring (bicyclic) bond motifs is 1. The Kier molecular flexibility index (Phi) is 5.72. The van der Waals surface area contributed by atoms with Crippen molar-refractivity contribution in [2.45, 2.75) is 55.9 Å². The van der Waals surface area contributed by atoms with Gasteiger partial charge in [-0.25, -0.2) is 13.8 Å². The number of alkyl halides is 2. The molecule has 0 spiro atoms. The van der Waals surface area contributed by atoms with E-state index in [9.17, 15) is 13.6 Å². The van der Waals surface area contributed by atoms with Crippen LogP contribution in [-0.2, 0) is 4.79 Å². The van der Waals surface area contributed by atoms with Crippen LogP contribution in [0.2, 0.25) is 5.02 Å². The Bertz CT molecular complexity index is 1250. The number of likely N-dealkylation sites (tertiary alicyclic amines) is 1. The summed E-state index contributed by atoms with van der Waals surface area (Å²) in [4.78, 5) is 23.5. The average molecular weight is 497 g/mol. The molecule has 1 N–H and O–H groups in total. The number of aromatic nitrogens is 2. The SMILES string of the molecule is O=C(Nc1cc2cc([C@H]3CC[C@H](N4CC(F)(F)C4)CC3)c(Cl)cc2cn1)[C@H]1C[C@@H]1c1ccccn1. The first-order valence-corrected chi connectivity index (χ1v) is 12.7. The van der Waals surface area contributed by atoms with Gasteiger partial charge in [0.15, 0.2) is 0 Å². The molecule has 3 heterocycles. The van der Waals surface area contributed by atoms with Crippen LogP contribution in [0.3, 0.4) is 0 Å². The molecule has 0 unspecified atom stereocenters. The van der Waals surface area contributed by atoms with Crippen LogP contribution in [-0.4, -0.2) is 45.8 Å². The average Bonchev–Trinajstić information content (AvgIpc) is 3.64. The fraction of sp³-hybridized carbons (Fsp3) is 0.444. The molecule has 0 bridgehead atoms. The van der Waals surface area contributed by atoms with Crippen molar-refractivity contribution in [3.63, 3.8) is 0 Å². The number of nitrogens with zero attached hydrogens (tertiary/aromatic N) is 3. The predicted molar refractivity (Wildman–Crippen MR) is 132 cm³/mol. The zero-order valence-corrected chi connectivity index (χ0v) is 20.0. The van der Waals surface area contributed by atoms with Crippen LogP contribution in [0, 0.1) is 5.92 Å². The van der Waals surface area contributed by atoms with Gasteiger partial charge in [-0.15, -0.1) is 0 Å². The van der Waals surface area contributed by atoms with Crippen LogP contribution in [0.25, 0.3) is 10.8 Å². The smallest absolute Gasteiger partial charge is 0.272 e.